The van der Waals surface area contributed by atoms with Crippen LogP contribution in [0.2, 0.25) is 0 Å². The molecular weight excluding hydrogens is 266 g/mol. The molecule has 0 aliphatic carbocycles. The van der Waals surface area contributed by atoms with Crippen LogP contribution in [0.5, 0.6) is 0 Å². The van der Waals surface area contributed by atoms with Crippen molar-refractivity contribution in [2.75, 3.05) is 20.3 Å². The van der Waals surface area contributed by atoms with Gasteiger partial charge in [0.05, 0.1) is 12.3 Å². The lowest BCUT2D eigenvalue weighted by Crippen LogP contribution is -2.12. The SMILES string of the molecule is COCCOC(=O)c1nnn(Cc2nnc(C)o2)c1C. The second-order valence-corrected chi connectivity index (χ2v) is 4.02. The largest absolute Gasteiger partial charge is 0.458 e. The molecule has 2 aromatic rings. The van der Waals surface area contributed by atoms with Gasteiger partial charge < -0.3 is 13.9 Å². The lowest BCUT2D eigenvalue weighted by Gasteiger charge is -2.02. The highest BCUT2D eigenvalue weighted by Gasteiger charge is 2.19. The van der Waals surface area contributed by atoms with Crippen LogP contribution in [0.15, 0.2) is 4.42 Å². The monoisotopic (exact) mass is 281 g/mol. The fourth-order valence-electron chi connectivity index (χ4n) is 1.51. The number of carbonyl (C=O) groups excluding carboxylic acids is 1. The summed E-state index contributed by atoms with van der Waals surface area (Å²) in [5, 5.41) is 15.3. The fourth-order valence-corrected chi connectivity index (χ4v) is 1.51. The number of methoxy groups -OCH3 is 1. The Morgan fingerprint density at radius 3 is 2.70 bits per heavy atom. The lowest BCUT2D eigenvalue weighted by molar-refractivity contribution is 0.0380. The van der Waals surface area contributed by atoms with Gasteiger partial charge in [-0.1, -0.05) is 5.21 Å². The Morgan fingerprint density at radius 2 is 2.05 bits per heavy atom. The van der Waals surface area contributed by atoms with Gasteiger partial charge in [0.2, 0.25) is 11.8 Å². The highest BCUT2D eigenvalue weighted by molar-refractivity contribution is 5.88. The summed E-state index contributed by atoms with van der Waals surface area (Å²) in [5.41, 5.74) is 0.737. The Bertz CT molecular complexity index is 591. The van der Waals surface area contributed by atoms with E-state index in [-0.39, 0.29) is 18.8 Å². The molecule has 0 atom stereocenters. The maximum absolute atomic E-state index is 11.8. The van der Waals surface area contributed by atoms with E-state index in [0.29, 0.717) is 24.1 Å². The van der Waals surface area contributed by atoms with Gasteiger partial charge in [-0.05, 0) is 6.92 Å². The molecular formula is C11H15N5O4. The first kappa shape index (κ1) is 14.1. The molecule has 0 radical (unpaired) electrons. The Kier molecular flexibility index (Phi) is 4.41. The fraction of sp³-hybridized carbons (Fsp3) is 0.545. The number of carbonyl (C=O) groups is 1. The second kappa shape index (κ2) is 6.24. The summed E-state index contributed by atoms with van der Waals surface area (Å²) in [5.74, 6) is 0.333. The minimum absolute atomic E-state index is 0.164. The van der Waals surface area contributed by atoms with Crippen LogP contribution in [0, 0.1) is 13.8 Å². The predicted octanol–water partition coefficient (Wildman–Crippen LogP) is 0.129. The van der Waals surface area contributed by atoms with Crippen LogP contribution in [0.25, 0.3) is 0 Å². The maximum atomic E-state index is 11.8. The van der Waals surface area contributed by atoms with Gasteiger partial charge in [0, 0.05) is 14.0 Å². The predicted molar refractivity (Wildman–Crippen MR) is 65.1 cm³/mol. The van der Waals surface area contributed by atoms with E-state index in [2.05, 4.69) is 20.5 Å². The number of hydrogen-bond acceptors (Lipinski definition) is 8. The van der Waals surface area contributed by atoms with E-state index in [1.54, 1.807) is 13.8 Å². The highest BCUT2D eigenvalue weighted by atomic mass is 16.6. The van der Waals surface area contributed by atoms with Gasteiger partial charge >= 0.3 is 5.97 Å². The number of rotatable bonds is 6. The van der Waals surface area contributed by atoms with Gasteiger partial charge in [0.1, 0.15) is 13.2 Å². The van der Waals surface area contributed by atoms with Crippen LogP contribution in [-0.2, 0) is 16.0 Å². The molecule has 2 aromatic heterocycles. The zero-order valence-electron chi connectivity index (χ0n) is 11.5. The van der Waals surface area contributed by atoms with Crippen LogP contribution >= 0.6 is 0 Å². The smallest absolute Gasteiger partial charge is 0.360 e. The van der Waals surface area contributed by atoms with Crippen LogP contribution in [-0.4, -0.2) is 51.5 Å². The number of esters is 1. The summed E-state index contributed by atoms with van der Waals surface area (Å²) >= 11 is 0. The van der Waals surface area contributed by atoms with Crippen molar-refractivity contribution in [1.82, 2.24) is 25.2 Å². The topological polar surface area (TPSA) is 105 Å². The Labute approximate surface area is 114 Å². The van der Waals surface area contributed by atoms with Crippen LogP contribution < -0.4 is 0 Å². The molecule has 9 nitrogen and oxygen atoms in total. The molecule has 0 unspecified atom stereocenters. The Hall–Kier alpha value is -2.29. The summed E-state index contributed by atoms with van der Waals surface area (Å²) in [6, 6.07) is 0. The van der Waals surface area contributed by atoms with Crippen LogP contribution in [0.4, 0.5) is 0 Å². The van der Waals surface area contributed by atoms with E-state index in [9.17, 15) is 4.79 Å². The maximum Gasteiger partial charge on any atom is 0.360 e. The molecule has 0 amide bonds. The molecule has 20 heavy (non-hydrogen) atoms. The third-order valence-electron chi connectivity index (χ3n) is 2.55. The molecule has 0 aromatic carbocycles. The van der Waals surface area contributed by atoms with Crippen molar-refractivity contribution in [1.29, 1.82) is 0 Å². The highest BCUT2D eigenvalue weighted by Crippen LogP contribution is 2.08. The molecule has 0 spiro atoms. The van der Waals surface area contributed by atoms with Crippen molar-refractivity contribution in [3.8, 4) is 0 Å². The van der Waals surface area contributed by atoms with E-state index in [1.807, 2.05) is 0 Å². The van der Waals surface area contributed by atoms with Crippen molar-refractivity contribution < 1.29 is 18.7 Å². The van der Waals surface area contributed by atoms with Crippen molar-refractivity contribution in [3.63, 3.8) is 0 Å². The Balaban J connectivity index is 2.04. The molecule has 0 N–H and O–H groups in total. The molecule has 0 saturated carbocycles. The van der Waals surface area contributed by atoms with Crippen molar-refractivity contribution in [2.45, 2.75) is 20.4 Å². The van der Waals surface area contributed by atoms with Gasteiger partial charge in [-0.3, -0.25) is 0 Å². The van der Waals surface area contributed by atoms with Crippen molar-refractivity contribution >= 4 is 5.97 Å². The van der Waals surface area contributed by atoms with Crippen molar-refractivity contribution in [2.24, 2.45) is 0 Å². The molecule has 0 aliphatic rings. The minimum atomic E-state index is -0.535. The molecule has 0 saturated heterocycles. The van der Waals surface area contributed by atoms with Gasteiger partial charge in [-0.15, -0.1) is 15.3 Å². The quantitative estimate of drug-likeness (QED) is 0.543. The van der Waals surface area contributed by atoms with E-state index >= 15 is 0 Å². The number of aromatic nitrogens is 5. The van der Waals surface area contributed by atoms with Crippen molar-refractivity contribution in [3.05, 3.63) is 23.2 Å². The molecule has 0 aliphatic heterocycles. The summed E-state index contributed by atoms with van der Waals surface area (Å²) in [7, 11) is 1.53. The summed E-state index contributed by atoms with van der Waals surface area (Å²) in [4.78, 5) is 11.8. The molecule has 0 fully saturated rings. The third-order valence-corrected chi connectivity index (χ3v) is 2.55. The number of ether oxygens (including phenoxy) is 2. The number of nitrogens with zero attached hydrogens (tertiary/aromatic N) is 5. The summed E-state index contributed by atoms with van der Waals surface area (Å²) in [6.07, 6.45) is 0. The zero-order chi connectivity index (χ0) is 14.5. The average molecular weight is 281 g/mol. The van der Waals surface area contributed by atoms with E-state index in [4.69, 9.17) is 13.9 Å². The van der Waals surface area contributed by atoms with Gasteiger partial charge in [0.25, 0.3) is 0 Å². The zero-order valence-corrected chi connectivity index (χ0v) is 11.5. The van der Waals surface area contributed by atoms with Crippen LogP contribution in [0.3, 0.4) is 0 Å². The number of aryl methyl sites for hydroxylation is 1. The van der Waals surface area contributed by atoms with Gasteiger partial charge in [-0.2, -0.15) is 0 Å². The molecule has 0 bridgehead atoms. The molecule has 2 heterocycles. The normalized spacial score (nSPS) is 10.8. The third kappa shape index (κ3) is 3.18. The average Bonchev–Trinajstić information content (AvgIpc) is 2.98. The first-order chi connectivity index (χ1) is 9.61. The summed E-state index contributed by atoms with van der Waals surface area (Å²) in [6.45, 7) is 4.18. The summed E-state index contributed by atoms with van der Waals surface area (Å²) < 4.78 is 16.5. The number of hydrogen-bond donors (Lipinski definition) is 0. The lowest BCUT2D eigenvalue weighted by atomic mass is 10.3. The van der Waals surface area contributed by atoms with Crippen LogP contribution in [0.1, 0.15) is 28.0 Å². The van der Waals surface area contributed by atoms with Gasteiger partial charge in [0.15, 0.2) is 5.69 Å². The molecule has 2 rings (SSSR count). The Morgan fingerprint density at radius 1 is 1.25 bits per heavy atom. The first-order valence-corrected chi connectivity index (χ1v) is 5.97. The van der Waals surface area contributed by atoms with E-state index < -0.39 is 5.97 Å². The van der Waals surface area contributed by atoms with E-state index in [1.165, 1.54) is 11.8 Å². The molecule has 9 heteroatoms. The van der Waals surface area contributed by atoms with Gasteiger partial charge in [-0.25, -0.2) is 9.48 Å². The standard InChI is InChI=1S/C11H15N5O4/c1-7-10(11(17)19-5-4-18-3)14-15-16(7)6-9-13-12-8(2)20-9/h4-6H2,1-3H3. The van der Waals surface area contributed by atoms with E-state index in [0.717, 1.165) is 0 Å². The minimum Gasteiger partial charge on any atom is -0.458 e. The first-order valence-electron chi connectivity index (χ1n) is 5.97. The molecule has 108 valence electrons. The second-order valence-electron chi connectivity index (χ2n) is 4.02.